The first kappa shape index (κ1) is 12.0. The second-order valence-electron chi connectivity index (χ2n) is 3.97. The number of nitrogens with zero attached hydrogens (tertiary/aromatic N) is 1. The highest BCUT2D eigenvalue weighted by Crippen LogP contribution is 2.24. The molecule has 1 aromatic carbocycles. The molecule has 0 amide bonds. The first-order valence-corrected chi connectivity index (χ1v) is 6.00. The van der Waals surface area contributed by atoms with Crippen molar-refractivity contribution < 1.29 is 9.15 Å². The number of hydrogen-bond donors (Lipinski definition) is 0. The molecule has 0 N–H and O–H groups in total. The van der Waals surface area contributed by atoms with Crippen molar-refractivity contribution in [3.8, 4) is 17.2 Å². The molecular weight excluding hydrogens is 238 g/mol. The summed E-state index contributed by atoms with van der Waals surface area (Å²) in [6.45, 7) is 3.98. The fourth-order valence-corrected chi connectivity index (χ4v) is 1.60. The van der Waals surface area contributed by atoms with Crippen molar-refractivity contribution in [2.75, 3.05) is 0 Å². The largest absolute Gasteiger partial charge is 0.491 e. The third-order valence-corrected chi connectivity index (χ3v) is 2.42. The molecule has 4 heteroatoms. The zero-order valence-electron chi connectivity index (χ0n) is 9.81. The van der Waals surface area contributed by atoms with E-state index < -0.39 is 0 Å². The van der Waals surface area contributed by atoms with E-state index >= 15 is 0 Å². The molecule has 0 unspecified atom stereocenters. The summed E-state index contributed by atoms with van der Waals surface area (Å²) < 4.78 is 11.0. The summed E-state index contributed by atoms with van der Waals surface area (Å²) in [5, 5.41) is 0. The van der Waals surface area contributed by atoms with Crippen LogP contribution in [0.5, 0.6) is 5.75 Å². The summed E-state index contributed by atoms with van der Waals surface area (Å²) in [4.78, 5) is 4.27. The van der Waals surface area contributed by atoms with Crippen molar-refractivity contribution in [2.45, 2.75) is 25.8 Å². The van der Waals surface area contributed by atoms with E-state index in [1.54, 1.807) is 6.26 Å². The van der Waals surface area contributed by atoms with Crippen LogP contribution in [0.1, 0.15) is 19.5 Å². The number of benzene rings is 1. The minimum Gasteiger partial charge on any atom is -0.491 e. The number of aromatic nitrogens is 1. The molecular formula is C13H14ClNO2. The Morgan fingerprint density at radius 2 is 2.24 bits per heavy atom. The topological polar surface area (TPSA) is 35.3 Å². The van der Waals surface area contributed by atoms with Crippen molar-refractivity contribution in [1.29, 1.82) is 0 Å². The Hall–Kier alpha value is -1.48. The Bertz CT molecular complexity index is 494. The molecule has 2 aromatic rings. The lowest BCUT2D eigenvalue weighted by molar-refractivity contribution is 0.242. The average Bonchev–Trinajstić information content (AvgIpc) is 2.77. The van der Waals surface area contributed by atoms with Gasteiger partial charge in [-0.2, -0.15) is 0 Å². The van der Waals surface area contributed by atoms with Gasteiger partial charge in [0.25, 0.3) is 0 Å². The van der Waals surface area contributed by atoms with E-state index in [0.717, 1.165) is 17.0 Å². The van der Waals surface area contributed by atoms with Gasteiger partial charge in [0.05, 0.1) is 17.7 Å². The van der Waals surface area contributed by atoms with E-state index in [9.17, 15) is 0 Å². The summed E-state index contributed by atoms with van der Waals surface area (Å²) in [5.74, 6) is 1.73. The molecule has 1 heterocycles. The van der Waals surface area contributed by atoms with Crippen LogP contribution in [0.2, 0.25) is 0 Å². The fraction of sp³-hybridized carbons (Fsp3) is 0.308. The van der Waals surface area contributed by atoms with Crippen molar-refractivity contribution in [1.82, 2.24) is 4.98 Å². The Balaban J connectivity index is 2.26. The van der Waals surface area contributed by atoms with Gasteiger partial charge in [0.2, 0.25) is 5.89 Å². The molecule has 0 spiro atoms. The van der Waals surface area contributed by atoms with Gasteiger partial charge in [-0.15, -0.1) is 11.6 Å². The van der Waals surface area contributed by atoms with Gasteiger partial charge in [-0.25, -0.2) is 4.98 Å². The molecule has 1 aromatic heterocycles. The predicted octanol–water partition coefficient (Wildman–Crippen LogP) is 3.87. The van der Waals surface area contributed by atoms with Gasteiger partial charge in [0, 0.05) is 5.56 Å². The number of hydrogen-bond acceptors (Lipinski definition) is 3. The van der Waals surface area contributed by atoms with E-state index in [0.29, 0.717) is 11.8 Å². The minimum atomic E-state index is 0.146. The summed E-state index contributed by atoms with van der Waals surface area (Å²) in [6, 6.07) is 7.66. The predicted molar refractivity (Wildman–Crippen MR) is 67.3 cm³/mol. The number of oxazole rings is 1. The Labute approximate surface area is 105 Å². The lowest BCUT2D eigenvalue weighted by Gasteiger charge is -2.09. The lowest BCUT2D eigenvalue weighted by atomic mass is 10.2. The molecule has 2 rings (SSSR count). The van der Waals surface area contributed by atoms with E-state index in [-0.39, 0.29) is 6.10 Å². The number of rotatable bonds is 4. The molecule has 0 aliphatic carbocycles. The average molecular weight is 252 g/mol. The van der Waals surface area contributed by atoms with E-state index in [1.165, 1.54) is 0 Å². The Morgan fingerprint density at radius 3 is 2.88 bits per heavy atom. The summed E-state index contributed by atoms with van der Waals surface area (Å²) >= 11 is 5.68. The van der Waals surface area contributed by atoms with Crippen molar-refractivity contribution in [3.63, 3.8) is 0 Å². The molecule has 0 radical (unpaired) electrons. The van der Waals surface area contributed by atoms with Crippen LogP contribution in [0.4, 0.5) is 0 Å². The molecule has 0 aliphatic heterocycles. The highest BCUT2D eigenvalue weighted by molar-refractivity contribution is 6.16. The third kappa shape index (κ3) is 3.01. The quantitative estimate of drug-likeness (QED) is 0.774. The zero-order valence-corrected chi connectivity index (χ0v) is 10.6. The van der Waals surface area contributed by atoms with Crippen LogP contribution in [0.15, 0.2) is 34.9 Å². The van der Waals surface area contributed by atoms with Gasteiger partial charge >= 0.3 is 0 Å². The zero-order chi connectivity index (χ0) is 12.3. The molecule has 0 saturated heterocycles. The van der Waals surface area contributed by atoms with Gasteiger partial charge in [0.1, 0.15) is 12.0 Å². The van der Waals surface area contributed by atoms with Crippen LogP contribution < -0.4 is 4.74 Å². The molecule has 0 bridgehead atoms. The van der Waals surface area contributed by atoms with Crippen LogP contribution >= 0.6 is 11.6 Å². The van der Waals surface area contributed by atoms with Gasteiger partial charge < -0.3 is 9.15 Å². The van der Waals surface area contributed by atoms with Crippen molar-refractivity contribution in [2.24, 2.45) is 0 Å². The first-order chi connectivity index (χ1) is 8.19. The molecule has 0 atom stereocenters. The van der Waals surface area contributed by atoms with Crippen molar-refractivity contribution in [3.05, 3.63) is 36.2 Å². The molecule has 0 aliphatic rings. The number of alkyl halides is 1. The van der Waals surface area contributed by atoms with Gasteiger partial charge in [-0.05, 0) is 32.0 Å². The summed E-state index contributed by atoms with van der Waals surface area (Å²) in [7, 11) is 0. The van der Waals surface area contributed by atoms with Crippen LogP contribution in [0.25, 0.3) is 11.5 Å². The minimum absolute atomic E-state index is 0.146. The van der Waals surface area contributed by atoms with E-state index in [1.807, 2.05) is 38.1 Å². The first-order valence-electron chi connectivity index (χ1n) is 5.46. The van der Waals surface area contributed by atoms with Crippen LogP contribution in [-0.2, 0) is 5.88 Å². The highest BCUT2D eigenvalue weighted by Gasteiger charge is 2.07. The molecule has 0 fully saturated rings. The second kappa shape index (κ2) is 5.23. The molecule has 17 heavy (non-hydrogen) atoms. The second-order valence-corrected chi connectivity index (χ2v) is 4.24. The van der Waals surface area contributed by atoms with Gasteiger partial charge in [-0.3, -0.25) is 0 Å². The van der Waals surface area contributed by atoms with Crippen LogP contribution in [0, 0.1) is 0 Å². The SMILES string of the molecule is CC(C)Oc1cccc(-c2nc(CCl)co2)c1. The van der Waals surface area contributed by atoms with Gasteiger partial charge in [-0.1, -0.05) is 6.07 Å². The summed E-state index contributed by atoms with van der Waals surface area (Å²) in [6.07, 6.45) is 1.71. The standard InChI is InChI=1S/C13H14ClNO2/c1-9(2)17-12-5-3-4-10(6-12)13-15-11(7-14)8-16-13/h3-6,8-9H,7H2,1-2H3. The van der Waals surface area contributed by atoms with E-state index in [2.05, 4.69) is 4.98 Å². The van der Waals surface area contributed by atoms with E-state index in [4.69, 9.17) is 20.8 Å². The summed E-state index contributed by atoms with van der Waals surface area (Å²) in [5.41, 5.74) is 1.62. The smallest absolute Gasteiger partial charge is 0.226 e. The van der Waals surface area contributed by atoms with Crippen LogP contribution in [0.3, 0.4) is 0 Å². The maximum Gasteiger partial charge on any atom is 0.226 e. The highest BCUT2D eigenvalue weighted by atomic mass is 35.5. The number of ether oxygens (including phenoxy) is 1. The monoisotopic (exact) mass is 251 g/mol. The van der Waals surface area contributed by atoms with Gasteiger partial charge in [0.15, 0.2) is 0 Å². The lowest BCUT2D eigenvalue weighted by Crippen LogP contribution is -2.05. The Kier molecular flexibility index (Phi) is 3.69. The maximum absolute atomic E-state index is 5.68. The fourth-order valence-electron chi connectivity index (χ4n) is 1.48. The van der Waals surface area contributed by atoms with Crippen molar-refractivity contribution >= 4 is 11.6 Å². The molecule has 90 valence electrons. The Morgan fingerprint density at radius 1 is 1.41 bits per heavy atom. The molecule has 0 saturated carbocycles. The molecule has 3 nitrogen and oxygen atoms in total. The maximum atomic E-state index is 5.68. The number of halogens is 1. The van der Waals surface area contributed by atoms with Crippen LogP contribution in [-0.4, -0.2) is 11.1 Å². The normalized spacial score (nSPS) is 10.8. The third-order valence-electron chi connectivity index (χ3n) is 2.14.